The van der Waals surface area contributed by atoms with Crippen LogP contribution >= 0.6 is 23.4 Å². The highest BCUT2D eigenvalue weighted by Crippen LogP contribution is 2.35. The molecular formula is C36H36ClN3O3S. The number of halogens is 1. The van der Waals surface area contributed by atoms with E-state index in [0.717, 1.165) is 16.0 Å². The zero-order valence-corrected chi connectivity index (χ0v) is 27.0. The summed E-state index contributed by atoms with van der Waals surface area (Å²) in [6, 6.07) is 29.3. The molecule has 3 N–H and O–H groups in total. The molecule has 0 fully saturated rings. The van der Waals surface area contributed by atoms with E-state index in [2.05, 4.69) is 29.8 Å². The van der Waals surface area contributed by atoms with E-state index in [1.165, 1.54) is 17.3 Å². The fourth-order valence-electron chi connectivity index (χ4n) is 4.25. The van der Waals surface area contributed by atoms with Gasteiger partial charge in [0.1, 0.15) is 5.70 Å². The van der Waals surface area contributed by atoms with E-state index in [0.29, 0.717) is 27.9 Å². The van der Waals surface area contributed by atoms with Gasteiger partial charge in [-0.3, -0.25) is 14.4 Å². The first-order valence-electron chi connectivity index (χ1n) is 14.3. The van der Waals surface area contributed by atoms with Crippen molar-refractivity contribution in [3.05, 3.63) is 130 Å². The van der Waals surface area contributed by atoms with Crippen LogP contribution in [0.25, 0.3) is 6.08 Å². The number of hydrogen-bond acceptors (Lipinski definition) is 4. The predicted molar refractivity (Wildman–Crippen MR) is 182 cm³/mol. The highest BCUT2D eigenvalue weighted by atomic mass is 35.5. The minimum atomic E-state index is -0.789. The molecule has 0 radical (unpaired) electrons. The third-order valence-corrected chi connectivity index (χ3v) is 8.60. The van der Waals surface area contributed by atoms with Crippen LogP contribution in [0.2, 0.25) is 5.02 Å². The number of thioether (sulfide) groups is 1. The number of amides is 3. The van der Waals surface area contributed by atoms with Gasteiger partial charge in [-0.1, -0.05) is 74.0 Å². The van der Waals surface area contributed by atoms with E-state index in [1.807, 2.05) is 69.3 Å². The summed E-state index contributed by atoms with van der Waals surface area (Å²) in [4.78, 5) is 40.3. The van der Waals surface area contributed by atoms with Crippen LogP contribution in [0.15, 0.2) is 108 Å². The second kappa shape index (κ2) is 14.4. The maximum Gasteiger partial charge on any atom is 0.272 e. The van der Waals surface area contributed by atoms with Crippen LogP contribution in [0.5, 0.6) is 0 Å². The van der Waals surface area contributed by atoms with Gasteiger partial charge in [0.15, 0.2) is 0 Å². The number of benzene rings is 4. The van der Waals surface area contributed by atoms with Crippen LogP contribution in [0.3, 0.4) is 0 Å². The van der Waals surface area contributed by atoms with Crippen molar-refractivity contribution in [1.82, 2.24) is 5.32 Å². The molecule has 0 unspecified atom stereocenters. The minimum absolute atomic E-state index is 0.115. The fraction of sp³-hybridized carbons (Fsp3) is 0.194. The highest BCUT2D eigenvalue weighted by Gasteiger charge is 2.29. The number of anilines is 2. The van der Waals surface area contributed by atoms with Gasteiger partial charge in [-0.2, -0.15) is 0 Å². The molecule has 0 aliphatic heterocycles. The van der Waals surface area contributed by atoms with Gasteiger partial charge < -0.3 is 16.0 Å². The number of hydrogen-bond donors (Lipinski definition) is 3. The summed E-state index contributed by atoms with van der Waals surface area (Å²) in [5.74, 6) is -0.623. The molecule has 44 heavy (non-hydrogen) atoms. The van der Waals surface area contributed by atoms with Gasteiger partial charge >= 0.3 is 0 Å². The lowest BCUT2D eigenvalue weighted by Gasteiger charge is -2.24. The maximum atomic E-state index is 13.4. The second-order valence-corrected chi connectivity index (χ2v) is 13.3. The zero-order chi connectivity index (χ0) is 31.9. The molecule has 3 amide bonds. The van der Waals surface area contributed by atoms with Crippen LogP contribution in [-0.2, 0) is 9.59 Å². The quantitative estimate of drug-likeness (QED) is 0.122. The van der Waals surface area contributed by atoms with Gasteiger partial charge in [0.05, 0.1) is 4.75 Å². The molecule has 0 aliphatic carbocycles. The first-order valence-corrected chi connectivity index (χ1v) is 15.5. The largest absolute Gasteiger partial charge is 0.325 e. The molecule has 0 saturated carbocycles. The molecule has 0 heterocycles. The molecule has 0 atom stereocenters. The monoisotopic (exact) mass is 625 g/mol. The summed E-state index contributed by atoms with van der Waals surface area (Å²) in [7, 11) is 0. The van der Waals surface area contributed by atoms with Gasteiger partial charge in [-0.15, -0.1) is 11.8 Å². The first-order chi connectivity index (χ1) is 20.9. The Balaban J connectivity index is 1.47. The number of carbonyl (C=O) groups is 3. The van der Waals surface area contributed by atoms with Crippen molar-refractivity contribution >= 4 is 58.5 Å². The van der Waals surface area contributed by atoms with E-state index in [4.69, 9.17) is 11.6 Å². The Morgan fingerprint density at radius 3 is 2.11 bits per heavy atom. The van der Waals surface area contributed by atoms with Crippen molar-refractivity contribution in [1.29, 1.82) is 0 Å². The molecule has 4 aromatic rings. The van der Waals surface area contributed by atoms with Gasteiger partial charge in [-0.25, -0.2) is 0 Å². The molecule has 0 spiro atoms. The second-order valence-electron chi connectivity index (χ2n) is 11.2. The number of rotatable bonds is 10. The molecule has 0 saturated heterocycles. The predicted octanol–water partition coefficient (Wildman–Crippen LogP) is 8.69. The van der Waals surface area contributed by atoms with Gasteiger partial charge in [0.25, 0.3) is 11.8 Å². The van der Waals surface area contributed by atoms with E-state index in [9.17, 15) is 14.4 Å². The van der Waals surface area contributed by atoms with Gasteiger partial charge in [0.2, 0.25) is 5.91 Å². The van der Waals surface area contributed by atoms with Crippen LogP contribution in [0.1, 0.15) is 60.7 Å². The number of nitrogens with one attached hydrogen (secondary N) is 3. The van der Waals surface area contributed by atoms with E-state index in [1.54, 1.807) is 54.6 Å². The fourth-order valence-corrected chi connectivity index (χ4v) is 5.43. The summed E-state index contributed by atoms with van der Waals surface area (Å²) in [5.41, 5.74) is 4.56. The van der Waals surface area contributed by atoms with Crippen molar-refractivity contribution in [2.45, 2.75) is 50.2 Å². The average Bonchev–Trinajstić information content (AvgIpc) is 3.00. The molecule has 4 rings (SSSR count). The van der Waals surface area contributed by atoms with E-state index >= 15 is 0 Å². The van der Waals surface area contributed by atoms with Gasteiger partial charge in [0, 0.05) is 26.9 Å². The zero-order valence-electron chi connectivity index (χ0n) is 25.4. The summed E-state index contributed by atoms with van der Waals surface area (Å²) in [6.45, 7) is 9.79. The lowest BCUT2D eigenvalue weighted by atomic mass is 10.0. The van der Waals surface area contributed by atoms with Crippen molar-refractivity contribution in [3.63, 3.8) is 0 Å². The summed E-state index contributed by atoms with van der Waals surface area (Å²) >= 11 is 7.61. The van der Waals surface area contributed by atoms with E-state index in [-0.39, 0.29) is 17.5 Å². The lowest BCUT2D eigenvalue weighted by molar-refractivity contribution is -0.117. The Labute approximate surface area is 268 Å². The van der Waals surface area contributed by atoms with E-state index < -0.39 is 10.7 Å². The molecule has 4 aromatic carbocycles. The van der Waals surface area contributed by atoms with Crippen molar-refractivity contribution in [2.24, 2.45) is 0 Å². The molecule has 0 bridgehead atoms. The smallest absolute Gasteiger partial charge is 0.272 e. The summed E-state index contributed by atoms with van der Waals surface area (Å²) < 4.78 is -0.789. The Bertz CT molecular complexity index is 1670. The molecule has 0 aromatic heterocycles. The Morgan fingerprint density at radius 2 is 1.48 bits per heavy atom. The third kappa shape index (κ3) is 8.62. The average molecular weight is 626 g/mol. The molecular weight excluding hydrogens is 590 g/mol. The normalized spacial score (nSPS) is 11.7. The summed E-state index contributed by atoms with van der Waals surface area (Å²) in [5, 5.41) is 9.22. The first kappa shape index (κ1) is 32.6. The van der Waals surface area contributed by atoms with Crippen molar-refractivity contribution in [3.8, 4) is 0 Å². The van der Waals surface area contributed by atoms with Crippen molar-refractivity contribution in [2.75, 3.05) is 10.6 Å². The Kier molecular flexibility index (Phi) is 10.7. The van der Waals surface area contributed by atoms with Crippen LogP contribution < -0.4 is 16.0 Å². The van der Waals surface area contributed by atoms with Gasteiger partial charge in [-0.05, 0) is 98.0 Å². The topological polar surface area (TPSA) is 87.3 Å². The summed E-state index contributed by atoms with van der Waals surface area (Å²) in [6.07, 6.45) is 1.66. The standard InChI is InChI=1S/C36H36ClN3O3S/c1-23(2)26-16-14-25(15-17-26)22-32(39-33(41)27-10-7-6-8-11-27)34(42)38-28-18-20-29(21-19-28)44-36(4,5)35(43)40-31-13-9-12-30(37)24(31)3/h6-23H,1-5H3,(H,38,42)(H,39,41)(H,40,43)/b32-22-. The molecule has 8 heteroatoms. The Morgan fingerprint density at radius 1 is 0.818 bits per heavy atom. The molecule has 0 aliphatic rings. The third-order valence-electron chi connectivity index (χ3n) is 6.99. The van der Waals surface area contributed by atoms with Crippen LogP contribution in [0, 0.1) is 6.92 Å². The SMILES string of the molecule is Cc1c(Cl)cccc1NC(=O)C(C)(C)Sc1ccc(NC(=O)/C(=C/c2ccc(C(C)C)cc2)NC(=O)c2ccccc2)cc1. The van der Waals surface area contributed by atoms with Crippen LogP contribution in [-0.4, -0.2) is 22.5 Å². The Hall–Kier alpha value is -4.33. The van der Waals surface area contributed by atoms with Crippen molar-refractivity contribution < 1.29 is 14.4 Å². The molecule has 6 nitrogen and oxygen atoms in total. The maximum absolute atomic E-state index is 13.4. The number of carbonyl (C=O) groups excluding carboxylic acids is 3. The lowest BCUT2D eigenvalue weighted by Crippen LogP contribution is -2.34. The molecule has 226 valence electrons. The highest BCUT2D eigenvalue weighted by molar-refractivity contribution is 8.01. The van der Waals surface area contributed by atoms with Crippen LogP contribution in [0.4, 0.5) is 11.4 Å². The minimum Gasteiger partial charge on any atom is -0.325 e.